The SMILES string of the molecule is Cc1nnc(SCC(=O)Nc2ccccn2)[nH]c1=O. The first kappa shape index (κ1) is 13.2. The lowest BCUT2D eigenvalue weighted by Gasteiger charge is -2.03. The smallest absolute Gasteiger partial charge is 0.273 e. The van der Waals surface area contributed by atoms with E-state index in [1.807, 2.05) is 0 Å². The molecule has 1 amide bonds. The summed E-state index contributed by atoms with van der Waals surface area (Å²) in [7, 11) is 0. The van der Waals surface area contributed by atoms with Crippen LogP contribution in [0.15, 0.2) is 34.3 Å². The number of nitrogens with zero attached hydrogens (tertiary/aromatic N) is 3. The number of carbonyl (C=O) groups excluding carboxylic acids is 1. The third kappa shape index (κ3) is 3.88. The molecule has 19 heavy (non-hydrogen) atoms. The van der Waals surface area contributed by atoms with Gasteiger partial charge in [0.05, 0.1) is 5.75 Å². The second-order valence-corrected chi connectivity index (χ2v) is 4.56. The average molecular weight is 277 g/mol. The van der Waals surface area contributed by atoms with E-state index in [2.05, 4.69) is 25.5 Å². The predicted octanol–water partition coefficient (Wildman–Crippen LogP) is 0.599. The van der Waals surface area contributed by atoms with Crippen molar-refractivity contribution < 1.29 is 4.79 Å². The molecule has 7 nitrogen and oxygen atoms in total. The quantitative estimate of drug-likeness (QED) is 0.794. The summed E-state index contributed by atoms with van der Waals surface area (Å²) in [5.41, 5.74) is -0.00933. The molecule has 0 fully saturated rings. The topological polar surface area (TPSA) is 101 Å². The normalized spacial score (nSPS) is 10.2. The van der Waals surface area contributed by atoms with Gasteiger partial charge < -0.3 is 5.32 Å². The minimum absolute atomic E-state index is 0.115. The monoisotopic (exact) mass is 277 g/mol. The highest BCUT2D eigenvalue weighted by atomic mass is 32.2. The Kier molecular flexibility index (Phi) is 4.24. The minimum Gasteiger partial charge on any atom is -0.310 e. The Morgan fingerprint density at radius 3 is 2.95 bits per heavy atom. The Balaban J connectivity index is 1.90. The highest BCUT2D eigenvalue weighted by Crippen LogP contribution is 2.10. The molecule has 0 saturated heterocycles. The van der Waals surface area contributed by atoms with Crippen LogP contribution in [0.3, 0.4) is 0 Å². The van der Waals surface area contributed by atoms with Gasteiger partial charge in [0.1, 0.15) is 11.5 Å². The first-order valence-corrected chi connectivity index (χ1v) is 6.41. The molecule has 2 N–H and O–H groups in total. The number of anilines is 1. The van der Waals surface area contributed by atoms with Crippen molar-refractivity contribution in [2.24, 2.45) is 0 Å². The third-order valence-electron chi connectivity index (χ3n) is 2.11. The van der Waals surface area contributed by atoms with Crippen molar-refractivity contribution in [3.05, 3.63) is 40.4 Å². The van der Waals surface area contributed by atoms with Gasteiger partial charge in [-0.2, -0.15) is 0 Å². The van der Waals surface area contributed by atoms with Crippen molar-refractivity contribution in [2.75, 3.05) is 11.1 Å². The number of hydrogen-bond acceptors (Lipinski definition) is 6. The molecule has 0 aliphatic heterocycles. The van der Waals surface area contributed by atoms with Crippen LogP contribution in [0.1, 0.15) is 5.69 Å². The third-order valence-corrected chi connectivity index (χ3v) is 2.98. The van der Waals surface area contributed by atoms with Gasteiger partial charge in [0.25, 0.3) is 5.56 Å². The number of nitrogens with one attached hydrogen (secondary N) is 2. The van der Waals surface area contributed by atoms with E-state index >= 15 is 0 Å². The molecule has 2 rings (SSSR count). The fraction of sp³-hybridized carbons (Fsp3) is 0.182. The number of aromatic amines is 1. The summed E-state index contributed by atoms with van der Waals surface area (Å²) >= 11 is 1.10. The van der Waals surface area contributed by atoms with Gasteiger partial charge >= 0.3 is 0 Å². The Bertz CT molecular complexity index is 628. The zero-order valence-electron chi connectivity index (χ0n) is 10.1. The summed E-state index contributed by atoms with van der Waals surface area (Å²) in [6, 6.07) is 5.23. The van der Waals surface area contributed by atoms with Crippen molar-refractivity contribution in [1.82, 2.24) is 20.2 Å². The number of aromatic nitrogens is 4. The first-order valence-electron chi connectivity index (χ1n) is 5.42. The highest BCUT2D eigenvalue weighted by Gasteiger charge is 2.06. The highest BCUT2D eigenvalue weighted by molar-refractivity contribution is 7.99. The zero-order chi connectivity index (χ0) is 13.7. The molecule has 2 aromatic rings. The van der Waals surface area contributed by atoms with E-state index in [0.29, 0.717) is 16.7 Å². The number of H-pyrrole nitrogens is 1. The van der Waals surface area contributed by atoms with Gasteiger partial charge in [0.15, 0.2) is 5.16 Å². The average Bonchev–Trinajstić information content (AvgIpc) is 2.41. The Hall–Kier alpha value is -2.22. The second-order valence-electron chi connectivity index (χ2n) is 3.60. The standard InChI is InChI=1S/C11H11N5O2S/c1-7-10(18)14-11(16-15-7)19-6-9(17)13-8-4-2-3-5-12-8/h2-5H,6H2,1H3,(H,12,13,17)(H,14,16,18). The number of rotatable bonds is 4. The van der Waals surface area contributed by atoms with Crippen LogP contribution in [0.4, 0.5) is 5.82 Å². The maximum atomic E-state index is 11.6. The van der Waals surface area contributed by atoms with Gasteiger partial charge in [0.2, 0.25) is 5.91 Å². The van der Waals surface area contributed by atoms with Crippen LogP contribution in [0, 0.1) is 6.92 Å². The molecule has 0 radical (unpaired) electrons. The Morgan fingerprint density at radius 1 is 1.42 bits per heavy atom. The number of hydrogen-bond donors (Lipinski definition) is 2. The van der Waals surface area contributed by atoms with Gasteiger partial charge in [-0.25, -0.2) is 4.98 Å². The van der Waals surface area contributed by atoms with Crippen LogP contribution in [0.25, 0.3) is 0 Å². The number of carbonyl (C=O) groups is 1. The molecule has 8 heteroatoms. The van der Waals surface area contributed by atoms with Crippen molar-refractivity contribution in [3.8, 4) is 0 Å². The number of thioether (sulfide) groups is 1. The van der Waals surface area contributed by atoms with Gasteiger partial charge in [-0.15, -0.1) is 10.2 Å². The molecule has 98 valence electrons. The minimum atomic E-state index is -0.303. The molecule has 0 bridgehead atoms. The maximum Gasteiger partial charge on any atom is 0.273 e. The van der Waals surface area contributed by atoms with Crippen molar-refractivity contribution >= 4 is 23.5 Å². The van der Waals surface area contributed by atoms with Crippen LogP contribution in [0.2, 0.25) is 0 Å². The van der Waals surface area contributed by atoms with Crippen LogP contribution < -0.4 is 10.9 Å². The summed E-state index contributed by atoms with van der Waals surface area (Å²) in [5, 5.41) is 10.4. The molecular formula is C11H11N5O2S. The summed E-state index contributed by atoms with van der Waals surface area (Å²) in [4.78, 5) is 29.4. The lowest BCUT2D eigenvalue weighted by molar-refractivity contribution is -0.113. The summed E-state index contributed by atoms with van der Waals surface area (Å²) in [5.74, 6) is 0.369. The molecule has 2 aromatic heterocycles. The van der Waals surface area contributed by atoms with Gasteiger partial charge in [-0.3, -0.25) is 14.6 Å². The summed E-state index contributed by atoms with van der Waals surface area (Å²) in [6.07, 6.45) is 1.59. The van der Waals surface area contributed by atoms with Crippen molar-refractivity contribution in [3.63, 3.8) is 0 Å². The van der Waals surface area contributed by atoms with Gasteiger partial charge in [-0.1, -0.05) is 17.8 Å². The zero-order valence-corrected chi connectivity index (χ0v) is 10.9. The first-order chi connectivity index (χ1) is 9.15. The fourth-order valence-electron chi connectivity index (χ4n) is 1.19. The lowest BCUT2D eigenvalue weighted by atomic mass is 10.4. The van der Waals surface area contributed by atoms with Crippen molar-refractivity contribution in [1.29, 1.82) is 0 Å². The molecular weight excluding hydrogens is 266 g/mol. The fourth-order valence-corrected chi connectivity index (χ4v) is 1.80. The predicted molar refractivity (Wildman–Crippen MR) is 71.0 cm³/mol. The van der Waals surface area contributed by atoms with Crippen LogP contribution in [0.5, 0.6) is 0 Å². The van der Waals surface area contributed by atoms with Crippen LogP contribution in [-0.2, 0) is 4.79 Å². The van der Waals surface area contributed by atoms with E-state index in [1.165, 1.54) is 0 Å². The molecule has 0 aliphatic rings. The van der Waals surface area contributed by atoms with E-state index in [9.17, 15) is 9.59 Å². The van der Waals surface area contributed by atoms with Gasteiger partial charge in [-0.05, 0) is 19.1 Å². The second kappa shape index (κ2) is 6.10. The molecule has 0 saturated carbocycles. The molecule has 0 unspecified atom stereocenters. The molecule has 0 atom stereocenters. The Morgan fingerprint density at radius 2 is 2.26 bits per heavy atom. The largest absolute Gasteiger partial charge is 0.310 e. The van der Waals surface area contributed by atoms with E-state index < -0.39 is 0 Å². The van der Waals surface area contributed by atoms with E-state index in [1.54, 1.807) is 31.3 Å². The molecule has 0 spiro atoms. The van der Waals surface area contributed by atoms with Crippen LogP contribution in [-0.4, -0.2) is 31.8 Å². The van der Waals surface area contributed by atoms with E-state index in [0.717, 1.165) is 11.8 Å². The van der Waals surface area contributed by atoms with E-state index in [-0.39, 0.29) is 17.2 Å². The molecule has 0 aliphatic carbocycles. The number of aryl methyl sites for hydroxylation is 1. The maximum absolute atomic E-state index is 11.6. The van der Waals surface area contributed by atoms with Crippen LogP contribution >= 0.6 is 11.8 Å². The van der Waals surface area contributed by atoms with E-state index in [4.69, 9.17) is 0 Å². The van der Waals surface area contributed by atoms with Crippen molar-refractivity contribution in [2.45, 2.75) is 12.1 Å². The molecule has 0 aromatic carbocycles. The summed E-state index contributed by atoms with van der Waals surface area (Å²) < 4.78 is 0. The number of amides is 1. The molecule has 2 heterocycles. The lowest BCUT2D eigenvalue weighted by Crippen LogP contribution is -2.17. The Labute approximate surface area is 112 Å². The van der Waals surface area contributed by atoms with Gasteiger partial charge in [0, 0.05) is 6.20 Å². The summed E-state index contributed by atoms with van der Waals surface area (Å²) in [6.45, 7) is 1.56. The number of pyridine rings is 1.